The number of nitro benzene ring substituents is 1. The fraction of sp³-hybridized carbons (Fsp3) is 0.0800. The molecule has 3 aromatic rings. The number of urea groups is 1. The third-order valence-electron chi connectivity index (χ3n) is 5.21. The highest BCUT2D eigenvalue weighted by atomic mass is 35.5. The summed E-state index contributed by atoms with van der Waals surface area (Å²) in [6.07, 6.45) is 1.29. The number of anilines is 1. The molecule has 1 N–H and O–H groups in total. The van der Waals surface area contributed by atoms with Crippen LogP contribution in [0.5, 0.6) is 11.5 Å². The smallest absolute Gasteiger partial charge is 0.335 e. The molecule has 0 spiro atoms. The first kappa shape index (κ1) is 24.4. The standard InChI is InChI=1S/C25H18ClN3O7/c1-35-22-12-16(7-10-21(22)36-14-15-5-8-17(26)9-6-15)11-20-23(30)27-25(32)28(24(20)31)18-3-2-4-19(13-18)29(33)34/h2-13H,14H2,1H3,(H,27,30,32)/b20-11+. The van der Waals surface area contributed by atoms with Crippen molar-refractivity contribution in [3.05, 3.63) is 98.6 Å². The lowest BCUT2D eigenvalue weighted by molar-refractivity contribution is -0.384. The molecule has 0 saturated carbocycles. The van der Waals surface area contributed by atoms with Crippen molar-refractivity contribution in [2.75, 3.05) is 12.0 Å². The minimum absolute atomic E-state index is 0.0476. The van der Waals surface area contributed by atoms with Crippen LogP contribution in [0.4, 0.5) is 16.2 Å². The number of nitrogens with one attached hydrogen (secondary N) is 1. The van der Waals surface area contributed by atoms with Gasteiger partial charge < -0.3 is 9.47 Å². The summed E-state index contributed by atoms with van der Waals surface area (Å²) in [5, 5.41) is 13.8. The van der Waals surface area contributed by atoms with Gasteiger partial charge in [-0.3, -0.25) is 25.0 Å². The van der Waals surface area contributed by atoms with Crippen molar-refractivity contribution in [1.82, 2.24) is 5.32 Å². The molecule has 10 nitrogen and oxygen atoms in total. The first-order chi connectivity index (χ1) is 17.3. The normalized spacial score (nSPS) is 14.6. The van der Waals surface area contributed by atoms with E-state index >= 15 is 0 Å². The van der Waals surface area contributed by atoms with Gasteiger partial charge in [-0.2, -0.15) is 0 Å². The van der Waals surface area contributed by atoms with Crippen molar-refractivity contribution in [3.8, 4) is 11.5 Å². The van der Waals surface area contributed by atoms with Gasteiger partial charge in [0.1, 0.15) is 12.2 Å². The number of methoxy groups -OCH3 is 1. The van der Waals surface area contributed by atoms with Crippen LogP contribution in [0, 0.1) is 10.1 Å². The fourth-order valence-electron chi connectivity index (χ4n) is 3.44. The van der Waals surface area contributed by atoms with Gasteiger partial charge in [0.05, 0.1) is 17.7 Å². The molecule has 1 heterocycles. The highest BCUT2D eigenvalue weighted by molar-refractivity contribution is 6.39. The van der Waals surface area contributed by atoms with E-state index in [0.717, 1.165) is 11.6 Å². The number of hydrogen-bond acceptors (Lipinski definition) is 7. The Morgan fingerprint density at radius 1 is 1.03 bits per heavy atom. The Kier molecular flexibility index (Phi) is 6.98. The topological polar surface area (TPSA) is 128 Å². The Labute approximate surface area is 209 Å². The minimum atomic E-state index is -1.01. The number of carbonyl (C=O) groups is 3. The third kappa shape index (κ3) is 5.18. The molecule has 1 aliphatic rings. The summed E-state index contributed by atoms with van der Waals surface area (Å²) >= 11 is 5.90. The predicted molar refractivity (Wildman–Crippen MR) is 131 cm³/mol. The molecule has 0 unspecified atom stereocenters. The molecular formula is C25H18ClN3O7. The summed E-state index contributed by atoms with van der Waals surface area (Å²) in [6.45, 7) is 0.259. The molecule has 36 heavy (non-hydrogen) atoms. The van der Waals surface area contributed by atoms with E-state index in [1.807, 2.05) is 12.1 Å². The van der Waals surface area contributed by atoms with Crippen LogP contribution in [-0.4, -0.2) is 29.9 Å². The van der Waals surface area contributed by atoms with Crippen LogP contribution < -0.4 is 19.7 Å². The molecule has 0 radical (unpaired) electrons. The lowest BCUT2D eigenvalue weighted by Crippen LogP contribution is -2.54. The number of rotatable bonds is 7. The van der Waals surface area contributed by atoms with Crippen LogP contribution in [-0.2, 0) is 16.2 Å². The number of nitrogens with zero attached hydrogens (tertiary/aromatic N) is 2. The van der Waals surface area contributed by atoms with E-state index in [4.69, 9.17) is 21.1 Å². The molecule has 0 atom stereocenters. The van der Waals surface area contributed by atoms with Crippen molar-refractivity contribution in [3.63, 3.8) is 0 Å². The monoisotopic (exact) mass is 507 g/mol. The number of ether oxygens (including phenoxy) is 2. The second kappa shape index (κ2) is 10.3. The summed E-state index contributed by atoms with van der Waals surface area (Å²) in [4.78, 5) is 49.0. The molecule has 0 aliphatic carbocycles. The lowest BCUT2D eigenvalue weighted by atomic mass is 10.1. The van der Waals surface area contributed by atoms with Gasteiger partial charge >= 0.3 is 6.03 Å². The van der Waals surface area contributed by atoms with E-state index in [2.05, 4.69) is 5.32 Å². The van der Waals surface area contributed by atoms with E-state index in [-0.39, 0.29) is 23.6 Å². The summed E-state index contributed by atoms with van der Waals surface area (Å²) < 4.78 is 11.2. The lowest BCUT2D eigenvalue weighted by Gasteiger charge is -2.26. The van der Waals surface area contributed by atoms with E-state index in [1.165, 1.54) is 31.4 Å². The highest BCUT2D eigenvalue weighted by Gasteiger charge is 2.37. The van der Waals surface area contributed by atoms with Gasteiger partial charge in [-0.05, 0) is 47.5 Å². The van der Waals surface area contributed by atoms with Gasteiger partial charge in [0.15, 0.2) is 11.5 Å². The fourth-order valence-corrected chi connectivity index (χ4v) is 3.57. The second-order valence-corrected chi connectivity index (χ2v) is 8.00. The van der Waals surface area contributed by atoms with Gasteiger partial charge in [0, 0.05) is 17.2 Å². The van der Waals surface area contributed by atoms with E-state index in [1.54, 1.807) is 30.3 Å². The van der Waals surface area contributed by atoms with Gasteiger partial charge in [-0.1, -0.05) is 35.9 Å². The quantitative estimate of drug-likeness (QED) is 0.216. The van der Waals surface area contributed by atoms with Crippen molar-refractivity contribution in [2.45, 2.75) is 6.61 Å². The SMILES string of the molecule is COc1cc(/C=C2\C(=O)NC(=O)N(c3cccc([N+](=O)[O-])c3)C2=O)ccc1OCc1ccc(Cl)cc1. The molecule has 1 fully saturated rings. The van der Waals surface area contributed by atoms with Crippen molar-refractivity contribution < 1.29 is 28.8 Å². The van der Waals surface area contributed by atoms with Crippen LogP contribution in [0.2, 0.25) is 5.02 Å². The highest BCUT2D eigenvalue weighted by Crippen LogP contribution is 2.31. The van der Waals surface area contributed by atoms with Crippen LogP contribution in [0.15, 0.2) is 72.3 Å². The van der Waals surface area contributed by atoms with Gasteiger partial charge in [-0.25, -0.2) is 9.69 Å². The zero-order chi connectivity index (χ0) is 25.8. The Hall–Kier alpha value is -4.70. The van der Waals surface area contributed by atoms with E-state index in [0.29, 0.717) is 27.0 Å². The van der Waals surface area contributed by atoms with E-state index in [9.17, 15) is 24.5 Å². The number of imide groups is 2. The summed E-state index contributed by atoms with van der Waals surface area (Å²) in [5.74, 6) is -1.03. The largest absolute Gasteiger partial charge is 0.493 e. The Balaban J connectivity index is 1.60. The molecule has 0 aromatic heterocycles. The molecule has 1 saturated heterocycles. The average molecular weight is 508 g/mol. The molecule has 4 rings (SSSR count). The predicted octanol–water partition coefficient (Wildman–Crippen LogP) is 4.50. The van der Waals surface area contributed by atoms with Crippen LogP contribution in [0.25, 0.3) is 6.08 Å². The Morgan fingerprint density at radius 2 is 1.78 bits per heavy atom. The van der Waals surface area contributed by atoms with E-state index < -0.39 is 22.8 Å². The number of hydrogen-bond donors (Lipinski definition) is 1. The molecule has 182 valence electrons. The van der Waals surface area contributed by atoms with Crippen LogP contribution in [0.3, 0.4) is 0 Å². The van der Waals surface area contributed by atoms with Gasteiger partial charge in [0.2, 0.25) is 0 Å². The third-order valence-corrected chi connectivity index (χ3v) is 5.46. The maximum absolute atomic E-state index is 13.1. The number of barbiturate groups is 1. The van der Waals surface area contributed by atoms with Gasteiger partial charge in [-0.15, -0.1) is 0 Å². The number of nitro groups is 1. The molecule has 1 aliphatic heterocycles. The maximum Gasteiger partial charge on any atom is 0.335 e. The van der Waals surface area contributed by atoms with Crippen molar-refractivity contribution in [2.24, 2.45) is 0 Å². The number of benzene rings is 3. The van der Waals surface area contributed by atoms with Crippen molar-refractivity contribution in [1.29, 1.82) is 0 Å². The zero-order valence-corrected chi connectivity index (χ0v) is 19.5. The number of amides is 4. The molecule has 0 bridgehead atoms. The first-order valence-electron chi connectivity index (χ1n) is 10.5. The Morgan fingerprint density at radius 3 is 2.47 bits per heavy atom. The number of non-ortho nitro benzene ring substituents is 1. The average Bonchev–Trinajstić information content (AvgIpc) is 2.86. The van der Waals surface area contributed by atoms with Crippen LogP contribution in [0.1, 0.15) is 11.1 Å². The Bertz CT molecular complexity index is 1400. The maximum atomic E-state index is 13.1. The first-order valence-corrected chi connectivity index (χ1v) is 10.9. The van der Waals surface area contributed by atoms with Gasteiger partial charge in [0.25, 0.3) is 17.5 Å². The summed E-state index contributed by atoms with van der Waals surface area (Å²) in [6, 6.07) is 15.9. The molecule has 11 heteroatoms. The molecule has 4 amide bonds. The molecule has 3 aromatic carbocycles. The zero-order valence-electron chi connectivity index (χ0n) is 18.8. The minimum Gasteiger partial charge on any atom is -0.493 e. The summed E-state index contributed by atoms with van der Waals surface area (Å²) in [7, 11) is 1.45. The molecular weight excluding hydrogens is 490 g/mol. The van der Waals surface area contributed by atoms with Crippen LogP contribution >= 0.6 is 11.6 Å². The second-order valence-electron chi connectivity index (χ2n) is 7.56. The van der Waals surface area contributed by atoms with Crippen molar-refractivity contribution >= 4 is 46.9 Å². The number of carbonyl (C=O) groups excluding carboxylic acids is 3. The number of halogens is 1. The summed E-state index contributed by atoms with van der Waals surface area (Å²) in [5.41, 5.74) is 0.627.